The van der Waals surface area contributed by atoms with Crippen LogP contribution < -0.4 is 14.4 Å². The third-order valence-electron chi connectivity index (χ3n) is 6.18. The summed E-state index contributed by atoms with van der Waals surface area (Å²) in [7, 11) is 1.51. The lowest BCUT2D eigenvalue weighted by Crippen LogP contribution is -2.44. The topological polar surface area (TPSA) is 91.6 Å². The number of fused-ring (bicyclic) bond motifs is 2. The number of methoxy groups -OCH3 is 1. The number of aromatic nitrogens is 4. The van der Waals surface area contributed by atoms with E-state index in [2.05, 4.69) is 10.1 Å². The van der Waals surface area contributed by atoms with Gasteiger partial charge in [-0.3, -0.25) is 14.4 Å². The molecule has 5 rings (SSSR count). The van der Waals surface area contributed by atoms with Crippen LogP contribution in [0.2, 0.25) is 0 Å². The molecule has 2 aliphatic rings. The Morgan fingerprint density at radius 2 is 2.08 bits per heavy atom. The highest BCUT2D eigenvalue weighted by Gasteiger charge is 2.56. The molecule has 1 fully saturated rings. The molecule has 5 heterocycles. The molecule has 0 N–H and O–H groups in total. The van der Waals surface area contributed by atoms with E-state index >= 15 is 0 Å². The molecule has 0 aromatic carbocycles. The van der Waals surface area contributed by atoms with Crippen LogP contribution in [0, 0.1) is 6.92 Å². The van der Waals surface area contributed by atoms with Crippen molar-refractivity contribution in [1.82, 2.24) is 19.7 Å². The number of halogens is 3. The normalized spacial score (nSPS) is 19.3. The summed E-state index contributed by atoms with van der Waals surface area (Å²) in [6.07, 6.45) is -0.556. The van der Waals surface area contributed by atoms with Gasteiger partial charge in [-0.15, -0.1) is 0 Å². The van der Waals surface area contributed by atoms with Crippen LogP contribution in [0.5, 0.6) is 11.6 Å². The summed E-state index contributed by atoms with van der Waals surface area (Å²) in [4.78, 5) is 24.1. The Balaban J connectivity index is 1.60. The molecule has 1 saturated heterocycles. The van der Waals surface area contributed by atoms with Crippen molar-refractivity contribution < 1.29 is 32.2 Å². The number of alkyl halides is 3. The molecule has 0 bridgehead atoms. The van der Waals surface area contributed by atoms with Gasteiger partial charge in [-0.2, -0.15) is 18.3 Å². The van der Waals surface area contributed by atoms with E-state index in [0.29, 0.717) is 65.8 Å². The molecule has 1 unspecified atom stereocenters. The van der Waals surface area contributed by atoms with E-state index < -0.39 is 24.4 Å². The van der Waals surface area contributed by atoms with Gasteiger partial charge in [0.15, 0.2) is 17.3 Å². The number of pyridine rings is 2. The highest BCUT2D eigenvalue weighted by molar-refractivity contribution is 6.12. The summed E-state index contributed by atoms with van der Waals surface area (Å²) < 4.78 is 56.5. The average molecular weight is 503 g/mol. The minimum absolute atomic E-state index is 0.0782. The van der Waals surface area contributed by atoms with Crippen molar-refractivity contribution in [3.05, 3.63) is 47.4 Å². The van der Waals surface area contributed by atoms with Crippen molar-refractivity contribution in [3.8, 4) is 22.9 Å². The second-order valence-corrected chi connectivity index (χ2v) is 8.58. The standard InChI is InChI=1S/C24H24F3N5O4/c1-4-35-21-17(34-3)11-15(12-28-21)16-10-14(2)19-20(29-16)23(7-5-9-36-23)32(22(19)33)18-6-8-31(30-18)13-24(25,26)27/h6,8,10-12H,4-5,7,9,13H2,1-3H3. The molecule has 9 nitrogen and oxygen atoms in total. The number of nitrogens with zero attached hydrogens (tertiary/aromatic N) is 5. The number of amides is 1. The van der Waals surface area contributed by atoms with Gasteiger partial charge in [0.2, 0.25) is 0 Å². The van der Waals surface area contributed by atoms with Crippen LogP contribution in [0.3, 0.4) is 0 Å². The lowest BCUT2D eigenvalue weighted by Gasteiger charge is -2.32. The maximum absolute atomic E-state index is 13.6. The van der Waals surface area contributed by atoms with Crippen molar-refractivity contribution in [1.29, 1.82) is 0 Å². The second-order valence-electron chi connectivity index (χ2n) is 8.58. The van der Waals surface area contributed by atoms with Gasteiger partial charge in [-0.1, -0.05) is 0 Å². The molecular formula is C24H24F3N5O4. The predicted octanol–water partition coefficient (Wildman–Crippen LogP) is 4.24. The molecule has 1 amide bonds. The minimum atomic E-state index is -4.44. The van der Waals surface area contributed by atoms with Gasteiger partial charge in [0.05, 0.1) is 31.6 Å². The first kappa shape index (κ1) is 24.0. The quantitative estimate of drug-likeness (QED) is 0.497. The van der Waals surface area contributed by atoms with Crippen LogP contribution >= 0.6 is 0 Å². The van der Waals surface area contributed by atoms with Gasteiger partial charge in [-0.25, -0.2) is 9.97 Å². The Bertz CT molecular complexity index is 1320. The van der Waals surface area contributed by atoms with E-state index in [9.17, 15) is 18.0 Å². The zero-order valence-corrected chi connectivity index (χ0v) is 19.9. The number of rotatable bonds is 6. The molecule has 2 aliphatic heterocycles. The predicted molar refractivity (Wildman–Crippen MR) is 122 cm³/mol. The third-order valence-corrected chi connectivity index (χ3v) is 6.18. The lowest BCUT2D eigenvalue weighted by molar-refractivity contribution is -0.142. The monoisotopic (exact) mass is 503 g/mol. The molecule has 0 radical (unpaired) electrons. The molecule has 36 heavy (non-hydrogen) atoms. The molecule has 1 spiro atoms. The molecular weight excluding hydrogens is 479 g/mol. The molecule has 12 heteroatoms. The number of carbonyl (C=O) groups excluding carboxylic acids is 1. The first-order valence-electron chi connectivity index (χ1n) is 11.4. The molecule has 3 aromatic rings. The summed E-state index contributed by atoms with van der Waals surface area (Å²) in [5, 5.41) is 4.04. The fourth-order valence-corrected chi connectivity index (χ4v) is 4.74. The SMILES string of the molecule is CCOc1ncc(-c2cc(C)c3c(n2)C2(CCCO2)N(c2ccn(CC(F)(F)F)n2)C3=O)cc1OC. The number of carbonyl (C=O) groups is 1. The Hall–Kier alpha value is -3.67. The van der Waals surface area contributed by atoms with Crippen LogP contribution in [-0.4, -0.2) is 52.2 Å². The first-order valence-corrected chi connectivity index (χ1v) is 11.4. The van der Waals surface area contributed by atoms with Gasteiger partial charge in [0.25, 0.3) is 11.8 Å². The van der Waals surface area contributed by atoms with Gasteiger partial charge >= 0.3 is 6.18 Å². The highest BCUT2D eigenvalue weighted by Crippen LogP contribution is 2.49. The largest absolute Gasteiger partial charge is 0.491 e. The van der Waals surface area contributed by atoms with E-state index in [0.717, 1.165) is 4.68 Å². The summed E-state index contributed by atoms with van der Waals surface area (Å²) >= 11 is 0. The second kappa shape index (κ2) is 8.77. The van der Waals surface area contributed by atoms with Crippen LogP contribution in [0.25, 0.3) is 11.3 Å². The van der Waals surface area contributed by atoms with E-state index in [1.165, 1.54) is 24.3 Å². The maximum atomic E-state index is 13.6. The number of hydrogen-bond donors (Lipinski definition) is 0. The van der Waals surface area contributed by atoms with Gasteiger partial charge in [0.1, 0.15) is 12.2 Å². The van der Waals surface area contributed by atoms with Crippen LogP contribution in [0.15, 0.2) is 30.6 Å². The Morgan fingerprint density at radius 3 is 2.75 bits per heavy atom. The van der Waals surface area contributed by atoms with Gasteiger partial charge in [0, 0.05) is 30.4 Å². The lowest BCUT2D eigenvalue weighted by atomic mass is 9.99. The molecule has 3 aromatic heterocycles. The van der Waals surface area contributed by atoms with E-state index in [-0.39, 0.29) is 5.82 Å². The summed E-state index contributed by atoms with van der Waals surface area (Å²) in [6.45, 7) is 3.17. The Labute approximate surface area is 204 Å². The fraction of sp³-hybridized carbons (Fsp3) is 0.417. The summed E-state index contributed by atoms with van der Waals surface area (Å²) in [5.74, 6) is 0.458. The third kappa shape index (κ3) is 3.94. The van der Waals surface area contributed by atoms with Crippen molar-refractivity contribution in [2.45, 2.75) is 45.1 Å². The Kier molecular flexibility index (Phi) is 5.86. The zero-order chi connectivity index (χ0) is 25.7. The number of anilines is 1. The van der Waals surface area contributed by atoms with Crippen molar-refractivity contribution >= 4 is 11.7 Å². The van der Waals surface area contributed by atoms with E-state index in [4.69, 9.17) is 19.2 Å². The highest BCUT2D eigenvalue weighted by atomic mass is 19.4. The first-order chi connectivity index (χ1) is 17.2. The van der Waals surface area contributed by atoms with Crippen molar-refractivity contribution in [2.24, 2.45) is 0 Å². The van der Waals surface area contributed by atoms with Gasteiger partial charge < -0.3 is 14.2 Å². The summed E-state index contributed by atoms with van der Waals surface area (Å²) in [5.41, 5.74) is 1.37. The number of aryl methyl sites for hydroxylation is 1. The molecule has 0 aliphatic carbocycles. The Morgan fingerprint density at radius 1 is 1.28 bits per heavy atom. The fourth-order valence-electron chi connectivity index (χ4n) is 4.74. The van der Waals surface area contributed by atoms with Crippen molar-refractivity contribution in [2.75, 3.05) is 25.2 Å². The number of ether oxygens (including phenoxy) is 3. The molecule has 0 saturated carbocycles. The average Bonchev–Trinajstić information content (AvgIpc) is 3.53. The van der Waals surface area contributed by atoms with E-state index in [1.54, 1.807) is 25.3 Å². The molecule has 1 atom stereocenters. The smallest absolute Gasteiger partial charge is 0.408 e. The van der Waals surface area contributed by atoms with Crippen molar-refractivity contribution in [3.63, 3.8) is 0 Å². The van der Waals surface area contributed by atoms with Crippen LogP contribution in [0.4, 0.5) is 19.0 Å². The van der Waals surface area contributed by atoms with E-state index in [1.807, 2.05) is 6.92 Å². The maximum Gasteiger partial charge on any atom is 0.408 e. The summed E-state index contributed by atoms with van der Waals surface area (Å²) in [6, 6.07) is 4.90. The minimum Gasteiger partial charge on any atom is -0.491 e. The van der Waals surface area contributed by atoms with Crippen LogP contribution in [0.1, 0.15) is 41.4 Å². The van der Waals surface area contributed by atoms with Gasteiger partial charge in [-0.05, 0) is 38.0 Å². The number of hydrogen-bond acceptors (Lipinski definition) is 7. The molecule has 190 valence electrons. The zero-order valence-electron chi connectivity index (χ0n) is 19.9. The van der Waals surface area contributed by atoms with Crippen LogP contribution in [-0.2, 0) is 17.0 Å².